The lowest BCUT2D eigenvalue weighted by Crippen LogP contribution is -2.36. The Hall–Kier alpha value is -2.87. The van der Waals surface area contributed by atoms with E-state index in [-0.39, 0.29) is 16.7 Å². The van der Waals surface area contributed by atoms with Crippen LogP contribution in [0.4, 0.5) is 5.69 Å². The van der Waals surface area contributed by atoms with Crippen molar-refractivity contribution in [2.24, 2.45) is 0 Å². The van der Waals surface area contributed by atoms with Gasteiger partial charge in [-0.05, 0) is 92.3 Å². The number of fused-ring (bicyclic) bond motifs is 1. The van der Waals surface area contributed by atoms with Crippen LogP contribution in [0.3, 0.4) is 0 Å². The molecule has 186 valence electrons. The number of carbonyl (C=O) groups excluding carboxylic acids is 2. The van der Waals surface area contributed by atoms with Crippen molar-refractivity contribution in [1.29, 1.82) is 0 Å². The number of likely N-dealkylation sites (tertiary alicyclic amines) is 1. The van der Waals surface area contributed by atoms with Crippen molar-refractivity contribution in [3.63, 3.8) is 0 Å². The molecule has 7 nitrogen and oxygen atoms in total. The van der Waals surface area contributed by atoms with Crippen LogP contribution in [0.2, 0.25) is 0 Å². The predicted molar refractivity (Wildman–Crippen MR) is 135 cm³/mol. The molecule has 3 aliphatic rings. The van der Waals surface area contributed by atoms with Crippen molar-refractivity contribution >= 4 is 27.5 Å². The Morgan fingerprint density at radius 3 is 2.37 bits per heavy atom. The number of hydrogen-bond acceptors (Lipinski definition) is 4. The first-order valence-corrected chi connectivity index (χ1v) is 14.2. The van der Waals surface area contributed by atoms with Crippen LogP contribution in [-0.4, -0.2) is 44.8 Å². The lowest BCUT2D eigenvalue weighted by molar-refractivity contribution is -0.127. The molecule has 2 N–H and O–H groups in total. The highest BCUT2D eigenvalue weighted by Crippen LogP contribution is 2.48. The number of nitrogens with zero attached hydrogens (tertiary/aromatic N) is 1. The van der Waals surface area contributed by atoms with Gasteiger partial charge >= 0.3 is 0 Å². The highest BCUT2D eigenvalue weighted by Gasteiger charge is 2.51. The average molecular weight is 496 g/mol. The molecule has 2 aromatic carbocycles. The van der Waals surface area contributed by atoms with E-state index >= 15 is 0 Å². The smallest absolute Gasteiger partial charge is 0.261 e. The molecule has 0 unspecified atom stereocenters. The summed E-state index contributed by atoms with van der Waals surface area (Å²) in [5, 5.41) is 3.03. The molecule has 1 heterocycles. The summed E-state index contributed by atoms with van der Waals surface area (Å²) in [6.07, 6.45) is 8.06. The van der Waals surface area contributed by atoms with Crippen LogP contribution < -0.4 is 10.0 Å². The van der Waals surface area contributed by atoms with E-state index in [1.807, 2.05) is 23.1 Å². The Morgan fingerprint density at radius 1 is 0.943 bits per heavy atom. The molecule has 1 saturated heterocycles. The molecule has 1 aliphatic heterocycles. The second-order valence-electron chi connectivity index (χ2n) is 10.00. The van der Waals surface area contributed by atoms with Crippen LogP contribution in [0.1, 0.15) is 61.6 Å². The van der Waals surface area contributed by atoms with Gasteiger partial charge in [-0.2, -0.15) is 0 Å². The Morgan fingerprint density at radius 2 is 1.69 bits per heavy atom. The van der Waals surface area contributed by atoms with E-state index in [1.54, 1.807) is 24.3 Å². The van der Waals surface area contributed by atoms with Crippen molar-refractivity contribution in [1.82, 2.24) is 10.2 Å². The summed E-state index contributed by atoms with van der Waals surface area (Å²) >= 11 is 0. The number of hydrogen-bond donors (Lipinski definition) is 2. The lowest BCUT2D eigenvalue weighted by Gasteiger charge is -2.19. The van der Waals surface area contributed by atoms with Gasteiger partial charge in [-0.3, -0.25) is 14.3 Å². The average Bonchev–Trinajstić information content (AvgIpc) is 3.58. The van der Waals surface area contributed by atoms with Gasteiger partial charge in [0, 0.05) is 31.7 Å². The van der Waals surface area contributed by atoms with E-state index in [0.717, 1.165) is 69.0 Å². The zero-order valence-corrected chi connectivity index (χ0v) is 20.8. The predicted octanol–water partition coefficient (Wildman–Crippen LogP) is 3.53. The number of carbonyl (C=O) groups is 2. The molecule has 8 heteroatoms. The largest absolute Gasteiger partial charge is 0.355 e. The highest BCUT2D eigenvalue weighted by atomic mass is 32.2. The Bertz CT molecular complexity index is 1220. The van der Waals surface area contributed by atoms with E-state index in [2.05, 4.69) is 10.0 Å². The molecule has 0 atom stereocenters. The van der Waals surface area contributed by atoms with Crippen LogP contribution in [0.25, 0.3) is 0 Å². The summed E-state index contributed by atoms with van der Waals surface area (Å²) in [5.74, 6) is 0.213. The quantitative estimate of drug-likeness (QED) is 0.521. The third kappa shape index (κ3) is 5.08. The maximum atomic E-state index is 13.0. The first kappa shape index (κ1) is 23.9. The normalized spacial score (nSPS) is 18.7. The molecule has 0 radical (unpaired) electrons. The van der Waals surface area contributed by atoms with Gasteiger partial charge < -0.3 is 10.2 Å². The molecular weight excluding hydrogens is 462 g/mol. The van der Waals surface area contributed by atoms with E-state index in [1.165, 1.54) is 5.56 Å². The number of benzene rings is 2. The van der Waals surface area contributed by atoms with Crippen LogP contribution in [0.15, 0.2) is 47.4 Å². The number of anilines is 1. The van der Waals surface area contributed by atoms with Crippen LogP contribution in [-0.2, 0) is 37.9 Å². The van der Waals surface area contributed by atoms with Crippen molar-refractivity contribution in [3.8, 4) is 0 Å². The monoisotopic (exact) mass is 495 g/mol. The molecule has 0 bridgehead atoms. The minimum atomic E-state index is -3.68. The SMILES string of the molecule is O=C1CCCN1CCCNC(=O)C1(c2ccc(NS(=O)(=O)c3ccc4c(c3)CCCC4)cc2)CC1. The van der Waals surface area contributed by atoms with E-state index in [4.69, 9.17) is 0 Å². The standard InChI is InChI=1S/C27H33N3O4S/c31-25-7-3-17-30(25)18-4-16-28-26(32)27(14-15-27)22-9-11-23(12-10-22)29-35(33,34)24-13-8-20-5-1-2-6-21(20)19-24/h8-13,19,29H,1-7,14-18H2,(H,28,32). The third-order valence-electron chi connectivity index (χ3n) is 7.57. The number of rotatable bonds is 9. The molecule has 2 aliphatic carbocycles. The van der Waals surface area contributed by atoms with E-state index in [9.17, 15) is 18.0 Å². The Labute approximate surface area is 207 Å². The Balaban J connectivity index is 1.18. The summed E-state index contributed by atoms with van der Waals surface area (Å²) < 4.78 is 28.6. The molecule has 5 rings (SSSR count). The zero-order valence-electron chi connectivity index (χ0n) is 20.0. The van der Waals surface area contributed by atoms with Gasteiger partial charge in [0.1, 0.15) is 0 Å². The molecule has 2 aromatic rings. The van der Waals surface area contributed by atoms with Gasteiger partial charge in [0.2, 0.25) is 11.8 Å². The van der Waals surface area contributed by atoms with Crippen LogP contribution in [0.5, 0.6) is 0 Å². The van der Waals surface area contributed by atoms with Crippen molar-refractivity contribution in [2.75, 3.05) is 24.4 Å². The van der Waals surface area contributed by atoms with E-state index in [0.29, 0.717) is 25.2 Å². The second-order valence-corrected chi connectivity index (χ2v) is 11.7. The van der Waals surface area contributed by atoms with Gasteiger partial charge in [-0.25, -0.2) is 8.42 Å². The molecule has 2 amide bonds. The molecule has 35 heavy (non-hydrogen) atoms. The second kappa shape index (κ2) is 9.64. The summed E-state index contributed by atoms with van der Waals surface area (Å²) in [4.78, 5) is 26.8. The van der Waals surface area contributed by atoms with Gasteiger partial charge in [-0.1, -0.05) is 18.2 Å². The topological polar surface area (TPSA) is 95.6 Å². The number of nitrogens with one attached hydrogen (secondary N) is 2. The highest BCUT2D eigenvalue weighted by molar-refractivity contribution is 7.92. The first-order chi connectivity index (χ1) is 16.9. The number of amides is 2. The van der Waals surface area contributed by atoms with Crippen molar-refractivity contribution < 1.29 is 18.0 Å². The fraction of sp³-hybridized carbons (Fsp3) is 0.481. The molecule has 1 saturated carbocycles. The van der Waals surface area contributed by atoms with Gasteiger partial charge in [-0.15, -0.1) is 0 Å². The summed E-state index contributed by atoms with van der Waals surface area (Å²) in [5.41, 5.74) is 3.24. The third-order valence-corrected chi connectivity index (χ3v) is 8.95. The van der Waals surface area contributed by atoms with Crippen LogP contribution in [0, 0.1) is 0 Å². The summed E-state index contributed by atoms with van der Waals surface area (Å²) in [6, 6.07) is 12.6. The van der Waals surface area contributed by atoms with Gasteiger partial charge in [0.15, 0.2) is 0 Å². The van der Waals surface area contributed by atoms with Crippen LogP contribution >= 0.6 is 0 Å². The lowest BCUT2D eigenvalue weighted by atomic mass is 9.92. The maximum Gasteiger partial charge on any atom is 0.261 e. The van der Waals surface area contributed by atoms with Crippen molar-refractivity contribution in [3.05, 3.63) is 59.2 Å². The molecule has 2 fully saturated rings. The minimum Gasteiger partial charge on any atom is -0.355 e. The van der Waals surface area contributed by atoms with Crippen molar-refractivity contribution in [2.45, 2.75) is 68.1 Å². The molecular formula is C27H33N3O4S. The number of aryl methyl sites for hydroxylation is 2. The minimum absolute atomic E-state index is 0.00707. The van der Waals surface area contributed by atoms with Gasteiger partial charge in [0.05, 0.1) is 10.3 Å². The first-order valence-electron chi connectivity index (χ1n) is 12.7. The van der Waals surface area contributed by atoms with Gasteiger partial charge in [0.25, 0.3) is 10.0 Å². The number of sulfonamides is 1. The molecule has 0 spiro atoms. The fourth-order valence-electron chi connectivity index (χ4n) is 5.30. The summed E-state index contributed by atoms with van der Waals surface area (Å²) in [6.45, 7) is 2.05. The Kier molecular flexibility index (Phi) is 6.57. The summed E-state index contributed by atoms with van der Waals surface area (Å²) in [7, 11) is -3.68. The van der Waals surface area contributed by atoms with E-state index < -0.39 is 15.4 Å². The fourth-order valence-corrected chi connectivity index (χ4v) is 6.41. The zero-order chi connectivity index (χ0) is 24.5. The maximum absolute atomic E-state index is 13.0. The molecule has 0 aromatic heterocycles.